The maximum Gasteiger partial charge on any atom is 0.323 e. The number of benzene rings is 1. The highest BCUT2D eigenvalue weighted by Gasteiger charge is 2.30. The molecule has 2 unspecified atom stereocenters. The Hall–Kier alpha value is -3.66. The zero-order valence-electron chi connectivity index (χ0n) is 21.0. The third-order valence-corrected chi connectivity index (χ3v) is 7.67. The van der Waals surface area contributed by atoms with E-state index in [4.69, 9.17) is 4.52 Å². The van der Waals surface area contributed by atoms with E-state index in [0.29, 0.717) is 6.54 Å². The van der Waals surface area contributed by atoms with Crippen molar-refractivity contribution in [1.29, 1.82) is 0 Å². The van der Waals surface area contributed by atoms with Crippen LogP contribution in [0.5, 0.6) is 0 Å². The summed E-state index contributed by atoms with van der Waals surface area (Å²) >= 11 is 0. The van der Waals surface area contributed by atoms with Crippen LogP contribution in [0.4, 0.5) is 0 Å². The molecule has 0 radical (unpaired) electrons. The molecule has 3 heterocycles. The van der Waals surface area contributed by atoms with Crippen molar-refractivity contribution in [1.82, 2.24) is 35.6 Å². The minimum absolute atomic E-state index is 0.0312. The highest BCUT2D eigenvalue weighted by molar-refractivity contribution is 7.89. The molecule has 0 saturated heterocycles. The Morgan fingerprint density at radius 1 is 1.32 bits per heavy atom. The van der Waals surface area contributed by atoms with Gasteiger partial charge in [-0.25, -0.2) is 8.42 Å². The third-order valence-electron chi connectivity index (χ3n) is 5.95. The van der Waals surface area contributed by atoms with Crippen molar-refractivity contribution in [2.45, 2.75) is 50.5 Å². The summed E-state index contributed by atoms with van der Waals surface area (Å²) in [6, 6.07) is 3.43. The Balaban J connectivity index is 1.34. The molecule has 5 N–H and O–H groups in total. The van der Waals surface area contributed by atoms with Crippen LogP contribution in [0.3, 0.4) is 0 Å². The molecule has 0 bridgehead atoms. The van der Waals surface area contributed by atoms with E-state index in [0.717, 1.165) is 36.8 Å². The van der Waals surface area contributed by atoms with Gasteiger partial charge in [0.05, 0.1) is 11.7 Å². The molecule has 1 aliphatic heterocycles. The first-order chi connectivity index (χ1) is 18.2. The number of carbonyl (C=O) groups excluding carboxylic acids is 1. The quantitative estimate of drug-likeness (QED) is 0.195. The lowest BCUT2D eigenvalue weighted by Crippen LogP contribution is -2.48. The number of aliphatic carboxylic acids is 1. The summed E-state index contributed by atoms with van der Waals surface area (Å²) in [5, 5.41) is 27.3. The van der Waals surface area contributed by atoms with E-state index in [1.807, 2.05) is 10.9 Å². The Kier molecular flexibility index (Phi) is 8.51. The molecule has 3 aromatic rings. The van der Waals surface area contributed by atoms with Gasteiger partial charge in [-0.15, -0.1) is 0 Å². The predicted octanol–water partition coefficient (Wildman–Crippen LogP) is 0.130. The number of amides is 1. The Bertz CT molecular complexity index is 1430. The number of carboxylic acid groups (broad SMARTS) is 1. The van der Waals surface area contributed by atoms with Crippen molar-refractivity contribution >= 4 is 39.0 Å². The van der Waals surface area contributed by atoms with Crippen molar-refractivity contribution in [2.24, 2.45) is 4.99 Å². The molecule has 0 aliphatic carbocycles. The molecule has 2 atom stereocenters. The second-order valence-electron chi connectivity index (χ2n) is 8.80. The van der Waals surface area contributed by atoms with Crippen LogP contribution in [-0.4, -0.2) is 78.5 Å². The standard InChI is InChI=1S/C23H30N8O6S/c1-14-20(15(2)37-29-14)38(35,36)30-18(22(33)34)13-27-21(32)16-5-6-19-17(11-16)12-28-31(19)10-4-9-26-23-24-7-3-8-25-23/h5-7,11-12,18,23,25-26,30H,3-4,8-10,13H2,1-2H3,(H,27,32)(H,33,34). The maximum atomic E-state index is 12.7. The van der Waals surface area contributed by atoms with Crippen LogP contribution in [0.1, 0.15) is 34.7 Å². The van der Waals surface area contributed by atoms with Crippen LogP contribution >= 0.6 is 0 Å². The van der Waals surface area contributed by atoms with E-state index in [1.165, 1.54) is 13.8 Å². The number of sulfonamides is 1. The molecule has 1 amide bonds. The molecule has 0 saturated carbocycles. The number of rotatable bonds is 12. The highest BCUT2D eigenvalue weighted by Crippen LogP contribution is 2.19. The summed E-state index contributed by atoms with van der Waals surface area (Å²) < 4.78 is 34.2. The lowest BCUT2D eigenvalue weighted by molar-refractivity contribution is -0.138. The number of hydrogen-bond donors (Lipinski definition) is 5. The van der Waals surface area contributed by atoms with Gasteiger partial charge in [0.2, 0.25) is 10.0 Å². The number of carboxylic acids is 1. The largest absolute Gasteiger partial charge is 0.480 e. The number of nitrogens with one attached hydrogen (secondary N) is 4. The first kappa shape index (κ1) is 27.4. The molecule has 1 aromatic carbocycles. The van der Waals surface area contributed by atoms with Gasteiger partial charge in [-0.3, -0.25) is 29.9 Å². The van der Waals surface area contributed by atoms with Crippen molar-refractivity contribution in [2.75, 3.05) is 19.6 Å². The Labute approximate surface area is 218 Å². The average molecular weight is 547 g/mol. The van der Waals surface area contributed by atoms with Crippen LogP contribution in [0.2, 0.25) is 0 Å². The predicted molar refractivity (Wildman–Crippen MR) is 137 cm³/mol. The molecule has 0 fully saturated rings. The van der Waals surface area contributed by atoms with E-state index in [-0.39, 0.29) is 28.2 Å². The first-order valence-electron chi connectivity index (χ1n) is 12.1. The molecule has 4 rings (SSSR count). The summed E-state index contributed by atoms with van der Waals surface area (Å²) in [4.78, 5) is 28.5. The summed E-state index contributed by atoms with van der Waals surface area (Å²) in [5.41, 5.74) is 1.24. The number of fused-ring (bicyclic) bond motifs is 1. The smallest absolute Gasteiger partial charge is 0.323 e. The topological polar surface area (TPSA) is 193 Å². The number of nitrogens with zero attached hydrogens (tertiary/aromatic N) is 4. The SMILES string of the molecule is Cc1noc(C)c1S(=O)(=O)NC(CNC(=O)c1ccc2c(cnn2CCCNC2N=CCCN2)c1)C(=O)O. The van der Waals surface area contributed by atoms with Crippen molar-refractivity contribution < 1.29 is 27.6 Å². The van der Waals surface area contributed by atoms with Crippen molar-refractivity contribution in [3.8, 4) is 0 Å². The molecule has 14 nitrogen and oxygen atoms in total. The lowest BCUT2D eigenvalue weighted by atomic mass is 10.1. The number of aliphatic imine (C=N–C) groups is 1. The fourth-order valence-electron chi connectivity index (χ4n) is 4.10. The van der Waals surface area contributed by atoms with Crippen molar-refractivity contribution in [3.05, 3.63) is 41.4 Å². The summed E-state index contributed by atoms with van der Waals surface area (Å²) in [7, 11) is -4.24. The summed E-state index contributed by atoms with van der Waals surface area (Å²) in [5.74, 6) is -1.96. The number of hydrogen-bond acceptors (Lipinski definition) is 10. The average Bonchev–Trinajstić information content (AvgIpc) is 3.46. The van der Waals surface area contributed by atoms with E-state index in [9.17, 15) is 23.1 Å². The van der Waals surface area contributed by atoms with Gasteiger partial charge in [0.1, 0.15) is 16.6 Å². The molecule has 15 heteroatoms. The molecule has 204 valence electrons. The normalized spacial score (nSPS) is 16.5. The van der Waals surface area contributed by atoms with Gasteiger partial charge in [0.25, 0.3) is 5.91 Å². The highest BCUT2D eigenvalue weighted by atomic mass is 32.2. The zero-order chi connectivity index (χ0) is 27.3. The third kappa shape index (κ3) is 6.42. The molecule has 0 spiro atoms. The lowest BCUT2D eigenvalue weighted by Gasteiger charge is -2.18. The van der Waals surface area contributed by atoms with Crippen LogP contribution in [0.25, 0.3) is 10.9 Å². The van der Waals surface area contributed by atoms with Crippen molar-refractivity contribution in [3.63, 3.8) is 0 Å². The first-order valence-corrected chi connectivity index (χ1v) is 13.5. The maximum absolute atomic E-state index is 12.7. The Morgan fingerprint density at radius 2 is 2.13 bits per heavy atom. The van der Waals surface area contributed by atoms with Gasteiger partial charge < -0.3 is 14.9 Å². The number of carbonyl (C=O) groups is 2. The number of aromatic nitrogens is 3. The molecular formula is C23H30N8O6S. The van der Waals surface area contributed by atoms with Gasteiger partial charge in [-0.1, -0.05) is 5.16 Å². The van der Waals surface area contributed by atoms with Gasteiger partial charge in [0.15, 0.2) is 12.0 Å². The minimum Gasteiger partial charge on any atom is -0.480 e. The second kappa shape index (κ2) is 11.8. The summed E-state index contributed by atoms with van der Waals surface area (Å²) in [6.45, 7) is 4.69. The van der Waals surface area contributed by atoms with Gasteiger partial charge in [-0.05, 0) is 44.9 Å². The monoisotopic (exact) mass is 546 g/mol. The fourth-order valence-corrected chi connectivity index (χ4v) is 5.62. The van der Waals surface area contributed by atoms with E-state index >= 15 is 0 Å². The Morgan fingerprint density at radius 3 is 2.82 bits per heavy atom. The van der Waals surface area contributed by atoms with Crippen LogP contribution < -0.4 is 20.7 Å². The van der Waals surface area contributed by atoms with Crippen LogP contribution in [-0.2, 0) is 21.4 Å². The molecule has 1 aliphatic rings. The van der Waals surface area contributed by atoms with E-state index in [2.05, 4.69) is 35.9 Å². The second-order valence-corrected chi connectivity index (χ2v) is 10.5. The van der Waals surface area contributed by atoms with Crippen LogP contribution in [0, 0.1) is 13.8 Å². The van der Waals surface area contributed by atoms with Crippen LogP contribution in [0.15, 0.2) is 38.8 Å². The minimum atomic E-state index is -4.24. The molecule has 38 heavy (non-hydrogen) atoms. The fraction of sp³-hybridized carbons (Fsp3) is 0.435. The van der Waals surface area contributed by atoms with Gasteiger partial charge in [0, 0.05) is 43.3 Å². The van der Waals surface area contributed by atoms with E-state index < -0.39 is 34.5 Å². The van der Waals surface area contributed by atoms with E-state index in [1.54, 1.807) is 24.4 Å². The molecule has 2 aromatic heterocycles. The number of aryl methyl sites for hydroxylation is 3. The molecular weight excluding hydrogens is 516 g/mol. The van der Waals surface area contributed by atoms with Gasteiger partial charge in [-0.2, -0.15) is 9.82 Å². The van der Waals surface area contributed by atoms with Gasteiger partial charge >= 0.3 is 5.97 Å². The summed E-state index contributed by atoms with van der Waals surface area (Å²) in [6.07, 6.45) is 5.26. The zero-order valence-corrected chi connectivity index (χ0v) is 21.8.